The van der Waals surface area contributed by atoms with Crippen LogP contribution in [0.25, 0.3) is 0 Å². The first-order chi connectivity index (χ1) is 10.5. The average molecular weight is 302 g/mol. The molecule has 0 unspecified atom stereocenters. The van der Waals surface area contributed by atoms with E-state index in [0.29, 0.717) is 0 Å². The van der Waals surface area contributed by atoms with E-state index in [1.165, 1.54) is 17.0 Å². The average Bonchev–Trinajstić information content (AvgIpc) is 2.50. The van der Waals surface area contributed by atoms with Crippen LogP contribution >= 0.6 is 0 Å². The first kappa shape index (κ1) is 15.9. The van der Waals surface area contributed by atoms with Crippen molar-refractivity contribution >= 4 is 5.91 Å². The lowest BCUT2D eigenvalue weighted by Gasteiger charge is -2.19. The third-order valence-corrected chi connectivity index (χ3v) is 3.59. The van der Waals surface area contributed by atoms with E-state index in [2.05, 4.69) is 4.98 Å². The van der Waals surface area contributed by atoms with Gasteiger partial charge in [0, 0.05) is 24.4 Å². The SMILES string of the molecule is COc1c(C)cnc(CN(C)C(=O)c2ccccc2F)c1C. The van der Waals surface area contributed by atoms with Crippen molar-refractivity contribution in [3.05, 3.63) is 58.7 Å². The molecule has 0 atom stereocenters. The Bertz CT molecular complexity index is 701. The number of amides is 1. The lowest BCUT2D eigenvalue weighted by Crippen LogP contribution is -2.28. The smallest absolute Gasteiger partial charge is 0.256 e. The maximum Gasteiger partial charge on any atom is 0.256 e. The van der Waals surface area contributed by atoms with E-state index in [1.54, 1.807) is 32.5 Å². The highest BCUT2D eigenvalue weighted by atomic mass is 19.1. The Morgan fingerprint density at radius 3 is 2.64 bits per heavy atom. The summed E-state index contributed by atoms with van der Waals surface area (Å²) in [7, 11) is 3.23. The number of nitrogens with zero attached hydrogens (tertiary/aromatic N) is 2. The van der Waals surface area contributed by atoms with E-state index in [4.69, 9.17) is 4.74 Å². The number of aromatic nitrogens is 1. The molecule has 0 saturated carbocycles. The summed E-state index contributed by atoms with van der Waals surface area (Å²) in [5.41, 5.74) is 2.61. The highest BCUT2D eigenvalue weighted by Crippen LogP contribution is 2.24. The molecule has 5 heteroatoms. The number of methoxy groups -OCH3 is 1. The van der Waals surface area contributed by atoms with Crippen LogP contribution < -0.4 is 4.74 Å². The van der Waals surface area contributed by atoms with Crippen molar-refractivity contribution < 1.29 is 13.9 Å². The van der Waals surface area contributed by atoms with Crippen molar-refractivity contribution in [2.24, 2.45) is 0 Å². The number of hydrogen-bond acceptors (Lipinski definition) is 3. The third kappa shape index (κ3) is 3.08. The zero-order valence-electron chi connectivity index (χ0n) is 13.2. The summed E-state index contributed by atoms with van der Waals surface area (Å²) in [5, 5.41) is 0. The number of rotatable bonds is 4. The predicted octanol–water partition coefficient (Wildman–Crippen LogP) is 3.12. The summed E-state index contributed by atoms with van der Waals surface area (Å²) in [6, 6.07) is 5.95. The highest BCUT2D eigenvalue weighted by Gasteiger charge is 2.18. The van der Waals surface area contributed by atoms with Crippen LogP contribution in [0.2, 0.25) is 0 Å². The Morgan fingerprint density at radius 2 is 2.00 bits per heavy atom. The Balaban J connectivity index is 2.24. The molecule has 0 saturated heterocycles. The highest BCUT2D eigenvalue weighted by molar-refractivity contribution is 5.94. The van der Waals surface area contributed by atoms with Crippen LogP contribution in [0.4, 0.5) is 4.39 Å². The zero-order chi connectivity index (χ0) is 16.3. The second kappa shape index (κ2) is 6.56. The van der Waals surface area contributed by atoms with Gasteiger partial charge in [-0.05, 0) is 26.0 Å². The summed E-state index contributed by atoms with van der Waals surface area (Å²) >= 11 is 0. The molecule has 0 aliphatic heterocycles. The minimum atomic E-state index is -0.523. The van der Waals surface area contributed by atoms with Gasteiger partial charge in [0.15, 0.2) is 0 Å². The molecule has 0 bridgehead atoms. The summed E-state index contributed by atoms with van der Waals surface area (Å²) < 4.78 is 19.1. The Kier molecular flexibility index (Phi) is 4.75. The van der Waals surface area contributed by atoms with Crippen LogP contribution in [0.3, 0.4) is 0 Å². The van der Waals surface area contributed by atoms with Gasteiger partial charge in [0.25, 0.3) is 5.91 Å². The van der Waals surface area contributed by atoms with E-state index in [0.717, 1.165) is 22.6 Å². The molecular weight excluding hydrogens is 283 g/mol. The van der Waals surface area contributed by atoms with E-state index in [1.807, 2.05) is 13.8 Å². The van der Waals surface area contributed by atoms with Crippen molar-refractivity contribution in [1.82, 2.24) is 9.88 Å². The largest absolute Gasteiger partial charge is 0.496 e. The maximum atomic E-state index is 13.7. The van der Waals surface area contributed by atoms with Crippen molar-refractivity contribution in [3.63, 3.8) is 0 Å². The maximum absolute atomic E-state index is 13.7. The molecule has 1 aromatic heterocycles. The first-order valence-corrected chi connectivity index (χ1v) is 6.94. The number of ether oxygens (including phenoxy) is 1. The fourth-order valence-corrected chi connectivity index (χ4v) is 2.37. The molecule has 2 aromatic rings. The molecule has 1 amide bonds. The number of carbonyl (C=O) groups is 1. The lowest BCUT2D eigenvalue weighted by atomic mass is 10.1. The second-order valence-corrected chi connectivity index (χ2v) is 5.19. The van der Waals surface area contributed by atoms with E-state index in [-0.39, 0.29) is 18.0 Å². The molecule has 0 spiro atoms. The summed E-state index contributed by atoms with van der Waals surface area (Å²) in [4.78, 5) is 18.1. The van der Waals surface area contributed by atoms with Crippen molar-refractivity contribution in [2.45, 2.75) is 20.4 Å². The Hall–Kier alpha value is -2.43. The first-order valence-electron chi connectivity index (χ1n) is 6.94. The van der Waals surface area contributed by atoms with Gasteiger partial charge in [-0.25, -0.2) is 4.39 Å². The second-order valence-electron chi connectivity index (χ2n) is 5.19. The minimum Gasteiger partial charge on any atom is -0.496 e. The van der Waals surface area contributed by atoms with Crippen LogP contribution in [0, 0.1) is 19.7 Å². The van der Waals surface area contributed by atoms with Crippen molar-refractivity contribution in [3.8, 4) is 5.75 Å². The van der Waals surface area contributed by atoms with Gasteiger partial charge in [0.2, 0.25) is 0 Å². The van der Waals surface area contributed by atoms with Crippen molar-refractivity contribution in [2.75, 3.05) is 14.2 Å². The fourth-order valence-electron chi connectivity index (χ4n) is 2.37. The number of halogens is 1. The molecule has 2 rings (SSSR count). The van der Waals surface area contributed by atoms with Crippen LogP contribution in [0.15, 0.2) is 30.5 Å². The molecule has 0 fully saturated rings. The molecule has 0 aliphatic rings. The van der Waals surface area contributed by atoms with Gasteiger partial charge in [-0.15, -0.1) is 0 Å². The molecule has 0 radical (unpaired) electrons. The quantitative estimate of drug-likeness (QED) is 0.871. The monoisotopic (exact) mass is 302 g/mol. The summed E-state index contributed by atoms with van der Waals surface area (Å²) in [6.07, 6.45) is 1.71. The summed E-state index contributed by atoms with van der Waals surface area (Å²) in [5.74, 6) is -0.138. The standard InChI is InChI=1S/C17H19FN2O2/c1-11-9-19-15(12(2)16(11)22-4)10-20(3)17(21)13-7-5-6-8-14(13)18/h5-9H,10H2,1-4H3. The van der Waals surface area contributed by atoms with E-state index in [9.17, 15) is 9.18 Å². The van der Waals surface area contributed by atoms with Gasteiger partial charge in [-0.2, -0.15) is 0 Å². The van der Waals surface area contributed by atoms with Gasteiger partial charge < -0.3 is 9.64 Å². The molecule has 116 valence electrons. The lowest BCUT2D eigenvalue weighted by molar-refractivity contribution is 0.0778. The van der Waals surface area contributed by atoms with Crippen molar-refractivity contribution in [1.29, 1.82) is 0 Å². The molecule has 1 heterocycles. The predicted molar refractivity (Wildman–Crippen MR) is 82.5 cm³/mol. The van der Waals surface area contributed by atoms with Gasteiger partial charge in [-0.1, -0.05) is 12.1 Å². The fraction of sp³-hybridized carbons (Fsp3) is 0.294. The summed E-state index contributed by atoms with van der Waals surface area (Å²) in [6.45, 7) is 4.10. The molecular formula is C17H19FN2O2. The van der Waals surface area contributed by atoms with Crippen LogP contribution in [0.5, 0.6) is 5.75 Å². The number of hydrogen-bond donors (Lipinski definition) is 0. The zero-order valence-corrected chi connectivity index (χ0v) is 13.2. The van der Waals surface area contributed by atoms with Gasteiger partial charge in [-0.3, -0.25) is 9.78 Å². The molecule has 1 aromatic carbocycles. The molecule has 4 nitrogen and oxygen atoms in total. The van der Waals surface area contributed by atoms with Gasteiger partial charge >= 0.3 is 0 Å². The Morgan fingerprint density at radius 1 is 1.32 bits per heavy atom. The number of benzene rings is 1. The van der Waals surface area contributed by atoms with E-state index >= 15 is 0 Å². The normalized spacial score (nSPS) is 10.4. The molecule has 0 N–H and O–H groups in total. The van der Waals surface area contributed by atoms with E-state index < -0.39 is 5.82 Å². The van der Waals surface area contributed by atoms with Crippen LogP contribution in [-0.2, 0) is 6.54 Å². The number of pyridine rings is 1. The van der Waals surface area contributed by atoms with Crippen LogP contribution in [-0.4, -0.2) is 29.9 Å². The van der Waals surface area contributed by atoms with Gasteiger partial charge in [0.1, 0.15) is 11.6 Å². The van der Waals surface area contributed by atoms with Gasteiger partial charge in [0.05, 0.1) is 24.9 Å². The Labute approximate surface area is 129 Å². The molecule has 22 heavy (non-hydrogen) atoms. The number of aryl methyl sites for hydroxylation is 1. The number of carbonyl (C=O) groups excluding carboxylic acids is 1. The molecule has 0 aliphatic carbocycles. The minimum absolute atomic E-state index is 0.0572. The topological polar surface area (TPSA) is 42.4 Å². The van der Waals surface area contributed by atoms with Crippen LogP contribution in [0.1, 0.15) is 27.2 Å². The third-order valence-electron chi connectivity index (χ3n) is 3.59.